The first-order valence-corrected chi connectivity index (χ1v) is 8.78. The van der Waals surface area contributed by atoms with Crippen molar-refractivity contribution in [2.45, 2.75) is 10.9 Å². The summed E-state index contributed by atoms with van der Waals surface area (Å²) >= 11 is 1.17. The highest BCUT2D eigenvalue weighted by Crippen LogP contribution is 2.24. The number of hydrogen-bond donors (Lipinski definition) is 1. The maximum absolute atomic E-state index is 13.8. The van der Waals surface area contributed by atoms with Crippen LogP contribution in [0.2, 0.25) is 0 Å². The van der Waals surface area contributed by atoms with E-state index in [9.17, 15) is 14.0 Å². The van der Waals surface area contributed by atoms with Crippen LogP contribution in [0.4, 0.5) is 4.39 Å². The minimum Gasteiger partial charge on any atom is -0.494 e. The van der Waals surface area contributed by atoms with Crippen LogP contribution in [0.5, 0.6) is 5.75 Å². The van der Waals surface area contributed by atoms with E-state index in [2.05, 4.69) is 9.72 Å². The van der Waals surface area contributed by atoms with Crippen LogP contribution in [0.3, 0.4) is 0 Å². The normalized spacial score (nSPS) is 10.8. The molecule has 0 saturated heterocycles. The Morgan fingerprint density at radius 1 is 1.26 bits per heavy atom. The highest BCUT2D eigenvalue weighted by Gasteiger charge is 2.13. The number of nitrogen functional groups attached to an aromatic ring is 1. The molecule has 2 N–H and O–H groups in total. The summed E-state index contributed by atoms with van der Waals surface area (Å²) < 4.78 is 24.3. The van der Waals surface area contributed by atoms with Crippen molar-refractivity contribution < 1.29 is 18.7 Å². The second kappa shape index (κ2) is 7.67. The number of benzene rings is 2. The van der Waals surface area contributed by atoms with E-state index in [1.165, 1.54) is 56.3 Å². The Morgan fingerprint density at radius 2 is 2.04 bits per heavy atom. The number of fused-ring (bicyclic) bond motifs is 1. The Balaban J connectivity index is 1.93. The maximum atomic E-state index is 13.8. The van der Waals surface area contributed by atoms with Gasteiger partial charge < -0.3 is 15.3 Å². The zero-order valence-electron chi connectivity index (χ0n) is 14.6. The molecule has 7 nitrogen and oxygen atoms in total. The SMILES string of the molecule is COC(=O)c1ccc2c(=O)n(N)c(SCc3ccc(OC)c(F)c3)nc2c1. The molecule has 3 rings (SSSR count). The number of ether oxygens (including phenoxy) is 2. The molecule has 27 heavy (non-hydrogen) atoms. The Kier molecular flexibility index (Phi) is 5.31. The Morgan fingerprint density at radius 3 is 2.70 bits per heavy atom. The fourth-order valence-corrected chi connectivity index (χ4v) is 3.33. The zero-order valence-corrected chi connectivity index (χ0v) is 15.4. The van der Waals surface area contributed by atoms with Gasteiger partial charge in [0.15, 0.2) is 16.7 Å². The van der Waals surface area contributed by atoms with E-state index in [0.29, 0.717) is 16.8 Å². The number of nitrogens with zero attached hydrogens (tertiary/aromatic N) is 2. The highest BCUT2D eigenvalue weighted by atomic mass is 32.2. The van der Waals surface area contributed by atoms with Crippen molar-refractivity contribution in [1.29, 1.82) is 0 Å². The lowest BCUT2D eigenvalue weighted by molar-refractivity contribution is 0.0601. The third kappa shape index (κ3) is 3.72. The Hall–Kier alpha value is -3.07. The van der Waals surface area contributed by atoms with Gasteiger partial charge >= 0.3 is 5.97 Å². The predicted molar refractivity (Wildman–Crippen MR) is 100 cm³/mol. The van der Waals surface area contributed by atoms with Gasteiger partial charge in [-0.05, 0) is 35.9 Å². The van der Waals surface area contributed by atoms with Crippen molar-refractivity contribution >= 4 is 28.6 Å². The van der Waals surface area contributed by atoms with Crippen molar-refractivity contribution in [2.24, 2.45) is 0 Å². The molecule has 0 saturated carbocycles. The molecule has 0 fully saturated rings. The molecule has 0 aliphatic rings. The zero-order chi connectivity index (χ0) is 19.6. The first-order chi connectivity index (χ1) is 12.9. The molecule has 0 amide bonds. The second-order valence-corrected chi connectivity index (χ2v) is 6.49. The van der Waals surface area contributed by atoms with E-state index in [-0.39, 0.29) is 21.9 Å². The Bertz CT molecular complexity index is 1080. The Labute approximate surface area is 157 Å². The van der Waals surface area contributed by atoms with Gasteiger partial charge in [-0.25, -0.2) is 18.8 Å². The number of halogens is 1. The van der Waals surface area contributed by atoms with E-state index in [0.717, 1.165) is 4.68 Å². The van der Waals surface area contributed by atoms with E-state index in [4.69, 9.17) is 10.6 Å². The first kappa shape index (κ1) is 18.7. The molecule has 1 aromatic heterocycles. The molecule has 0 bridgehead atoms. The van der Waals surface area contributed by atoms with Gasteiger partial charge in [0.1, 0.15) is 0 Å². The van der Waals surface area contributed by atoms with E-state index >= 15 is 0 Å². The van der Waals surface area contributed by atoms with Gasteiger partial charge in [0, 0.05) is 5.75 Å². The van der Waals surface area contributed by atoms with E-state index in [1.54, 1.807) is 6.07 Å². The molecule has 140 valence electrons. The fraction of sp³-hybridized carbons (Fsp3) is 0.167. The summed E-state index contributed by atoms with van der Waals surface area (Å²) in [6.07, 6.45) is 0. The number of methoxy groups -OCH3 is 2. The van der Waals surface area contributed by atoms with Gasteiger partial charge in [0.05, 0.1) is 30.7 Å². The van der Waals surface area contributed by atoms with Crippen molar-refractivity contribution in [3.63, 3.8) is 0 Å². The average molecular weight is 389 g/mol. The quantitative estimate of drug-likeness (QED) is 0.310. The molecule has 9 heteroatoms. The van der Waals surface area contributed by atoms with Crippen molar-refractivity contribution in [1.82, 2.24) is 9.66 Å². The summed E-state index contributed by atoms with van der Waals surface area (Å²) in [6.45, 7) is 0. The largest absolute Gasteiger partial charge is 0.494 e. The molecule has 3 aromatic rings. The van der Waals surface area contributed by atoms with Gasteiger partial charge in [-0.15, -0.1) is 0 Å². The lowest BCUT2D eigenvalue weighted by Crippen LogP contribution is -2.29. The summed E-state index contributed by atoms with van der Waals surface area (Å²) in [5, 5.41) is 0.524. The standard InChI is InChI=1S/C18H16FN3O4S/c1-25-15-6-3-10(7-13(15)19)9-27-18-21-14-8-11(17(24)26-2)4-5-12(14)16(23)22(18)20/h3-8H,9,20H2,1-2H3. The molecule has 0 atom stereocenters. The van der Waals surface area contributed by atoms with E-state index < -0.39 is 17.3 Å². The number of thioether (sulfide) groups is 1. The minimum absolute atomic E-state index is 0.152. The summed E-state index contributed by atoms with van der Waals surface area (Å²) in [5.74, 6) is 5.33. The van der Waals surface area contributed by atoms with Crippen molar-refractivity contribution in [3.8, 4) is 5.75 Å². The highest BCUT2D eigenvalue weighted by molar-refractivity contribution is 7.98. The maximum Gasteiger partial charge on any atom is 0.337 e. The van der Waals surface area contributed by atoms with Gasteiger partial charge in [-0.2, -0.15) is 0 Å². The van der Waals surface area contributed by atoms with Crippen LogP contribution in [0.15, 0.2) is 46.3 Å². The van der Waals surface area contributed by atoms with Crippen LogP contribution in [-0.2, 0) is 10.5 Å². The van der Waals surface area contributed by atoms with Gasteiger partial charge in [-0.1, -0.05) is 17.8 Å². The number of esters is 1. The third-order valence-electron chi connectivity index (χ3n) is 3.87. The topological polar surface area (TPSA) is 96.4 Å². The average Bonchev–Trinajstić information content (AvgIpc) is 2.68. The number of carbonyl (C=O) groups excluding carboxylic acids is 1. The molecule has 0 spiro atoms. The number of hydrogen-bond acceptors (Lipinski definition) is 7. The van der Waals surface area contributed by atoms with Gasteiger partial charge in [-0.3, -0.25) is 4.79 Å². The molecular weight excluding hydrogens is 373 g/mol. The minimum atomic E-state index is -0.529. The molecular formula is C18H16FN3O4S. The van der Waals surface area contributed by atoms with Crippen LogP contribution >= 0.6 is 11.8 Å². The summed E-state index contributed by atoms with van der Waals surface area (Å²) in [5.41, 5.74) is 0.837. The molecule has 2 aromatic carbocycles. The van der Waals surface area contributed by atoms with Crippen LogP contribution in [-0.4, -0.2) is 29.8 Å². The van der Waals surface area contributed by atoms with Crippen LogP contribution in [0.1, 0.15) is 15.9 Å². The van der Waals surface area contributed by atoms with Crippen molar-refractivity contribution in [3.05, 3.63) is 63.7 Å². The summed E-state index contributed by atoms with van der Waals surface area (Å²) in [7, 11) is 2.66. The van der Waals surface area contributed by atoms with E-state index in [1.807, 2.05) is 0 Å². The molecule has 0 radical (unpaired) electrons. The third-order valence-corrected chi connectivity index (χ3v) is 4.90. The van der Waals surface area contributed by atoms with Gasteiger partial charge in [0.25, 0.3) is 5.56 Å². The number of carbonyl (C=O) groups is 1. The number of aromatic nitrogens is 2. The lowest BCUT2D eigenvalue weighted by atomic mass is 10.1. The molecule has 0 aliphatic carbocycles. The second-order valence-electron chi connectivity index (χ2n) is 5.55. The molecule has 0 unspecified atom stereocenters. The van der Waals surface area contributed by atoms with Gasteiger partial charge in [0.2, 0.25) is 0 Å². The van der Waals surface area contributed by atoms with Crippen LogP contribution in [0.25, 0.3) is 10.9 Å². The van der Waals surface area contributed by atoms with Crippen molar-refractivity contribution in [2.75, 3.05) is 20.1 Å². The van der Waals surface area contributed by atoms with Crippen LogP contribution < -0.4 is 16.1 Å². The predicted octanol–water partition coefficient (Wildman–Crippen LogP) is 2.34. The monoisotopic (exact) mass is 389 g/mol. The first-order valence-electron chi connectivity index (χ1n) is 7.80. The lowest BCUT2D eigenvalue weighted by Gasteiger charge is -2.10. The molecule has 1 heterocycles. The summed E-state index contributed by atoms with van der Waals surface area (Å²) in [4.78, 5) is 28.5. The fourth-order valence-electron chi connectivity index (χ4n) is 2.47. The summed E-state index contributed by atoms with van der Waals surface area (Å²) in [6, 6.07) is 9.01. The number of rotatable bonds is 5. The smallest absolute Gasteiger partial charge is 0.337 e. The van der Waals surface area contributed by atoms with Crippen LogP contribution in [0, 0.1) is 5.82 Å². The number of nitrogens with two attached hydrogens (primary N) is 1. The molecule has 0 aliphatic heterocycles.